The third kappa shape index (κ3) is 3.59. The van der Waals surface area contributed by atoms with Crippen LogP contribution >= 0.6 is 0 Å². The Morgan fingerprint density at radius 3 is 1.97 bits per heavy atom. The normalized spacial score (nSPS) is 11.6. The van der Waals surface area contributed by atoms with Crippen LogP contribution < -0.4 is 0 Å². The predicted octanol–water partition coefficient (Wildman–Crippen LogP) is 9.68. The Morgan fingerprint density at radius 1 is 0.436 bits per heavy atom. The molecule has 0 aliphatic rings. The molecule has 3 nitrogen and oxygen atoms in total. The summed E-state index contributed by atoms with van der Waals surface area (Å²) in [6.45, 7) is 0. The van der Waals surface area contributed by atoms with Gasteiger partial charge in [0.15, 0.2) is 5.82 Å². The molecule has 0 bridgehead atoms. The van der Waals surface area contributed by atoms with Gasteiger partial charge in [0.25, 0.3) is 0 Å². The molecule has 6 aromatic carbocycles. The zero-order valence-corrected chi connectivity index (χ0v) is 21.0. The molecule has 0 amide bonds. The summed E-state index contributed by atoms with van der Waals surface area (Å²) >= 11 is 0. The minimum absolute atomic E-state index is 0.700. The number of hydrogen-bond donors (Lipinski definition) is 0. The number of furan rings is 1. The Hall–Kier alpha value is -5.28. The van der Waals surface area contributed by atoms with Gasteiger partial charge >= 0.3 is 0 Å². The number of benzene rings is 6. The Bertz CT molecular complexity index is 2160. The summed E-state index contributed by atoms with van der Waals surface area (Å²) in [4.78, 5) is 10.1. The summed E-state index contributed by atoms with van der Waals surface area (Å²) in [5.74, 6) is 0.700. The smallest absolute Gasteiger partial charge is 0.160 e. The van der Waals surface area contributed by atoms with Crippen molar-refractivity contribution in [3.63, 3.8) is 0 Å². The van der Waals surface area contributed by atoms with Gasteiger partial charge in [-0.3, -0.25) is 0 Å². The van der Waals surface area contributed by atoms with Gasteiger partial charge in [-0.05, 0) is 40.8 Å². The van der Waals surface area contributed by atoms with Crippen molar-refractivity contribution < 1.29 is 4.42 Å². The van der Waals surface area contributed by atoms with E-state index in [2.05, 4.69) is 103 Å². The quantitative estimate of drug-likeness (QED) is 0.243. The summed E-state index contributed by atoms with van der Waals surface area (Å²) in [5, 5.41) is 5.47. The summed E-state index contributed by atoms with van der Waals surface area (Å²) in [6, 6.07) is 46.2. The standard InChI is InChI=1S/C36H22N2O/c1-2-8-23(9-3-1)24-14-17-26(18-15-24)34-30-11-4-6-12-32(30)37-36(38-34)27-19-16-25-20-21-29-28-10-5-7-13-33(28)39-35(29)31(25)22-27/h1-22H. The molecular weight excluding hydrogens is 476 g/mol. The van der Waals surface area contributed by atoms with Crippen LogP contribution in [0.3, 0.4) is 0 Å². The van der Waals surface area contributed by atoms with E-state index in [0.29, 0.717) is 5.82 Å². The van der Waals surface area contributed by atoms with Gasteiger partial charge < -0.3 is 4.42 Å². The summed E-state index contributed by atoms with van der Waals surface area (Å²) in [6.07, 6.45) is 0. The molecule has 182 valence electrons. The van der Waals surface area contributed by atoms with Crippen LogP contribution in [0.5, 0.6) is 0 Å². The molecule has 0 saturated heterocycles. The molecule has 0 spiro atoms. The first kappa shape index (κ1) is 21.8. The monoisotopic (exact) mass is 498 g/mol. The van der Waals surface area contributed by atoms with E-state index < -0.39 is 0 Å². The second-order valence-corrected chi connectivity index (χ2v) is 9.83. The van der Waals surface area contributed by atoms with Crippen molar-refractivity contribution >= 4 is 43.6 Å². The van der Waals surface area contributed by atoms with E-state index >= 15 is 0 Å². The highest BCUT2D eigenvalue weighted by molar-refractivity contribution is 6.15. The van der Waals surface area contributed by atoms with Crippen LogP contribution in [0, 0.1) is 0 Å². The lowest BCUT2D eigenvalue weighted by molar-refractivity contribution is 0.672. The van der Waals surface area contributed by atoms with Gasteiger partial charge in [0.05, 0.1) is 11.2 Å². The lowest BCUT2D eigenvalue weighted by Crippen LogP contribution is -1.95. The lowest BCUT2D eigenvalue weighted by atomic mass is 10.0. The van der Waals surface area contributed by atoms with Crippen molar-refractivity contribution in [1.82, 2.24) is 9.97 Å². The van der Waals surface area contributed by atoms with Crippen molar-refractivity contribution in [2.45, 2.75) is 0 Å². The maximum Gasteiger partial charge on any atom is 0.160 e. The molecule has 0 saturated carbocycles. The molecule has 0 unspecified atom stereocenters. The Kier molecular flexibility index (Phi) is 4.82. The van der Waals surface area contributed by atoms with Gasteiger partial charge in [0.1, 0.15) is 11.2 Å². The molecular formula is C36H22N2O. The van der Waals surface area contributed by atoms with Gasteiger partial charge in [-0.1, -0.05) is 109 Å². The van der Waals surface area contributed by atoms with Crippen LogP contribution in [0.15, 0.2) is 138 Å². The predicted molar refractivity (Wildman–Crippen MR) is 161 cm³/mol. The second kappa shape index (κ2) is 8.64. The average Bonchev–Trinajstić information content (AvgIpc) is 3.40. The number of nitrogens with zero attached hydrogens (tertiary/aromatic N) is 2. The highest BCUT2D eigenvalue weighted by Gasteiger charge is 2.14. The highest BCUT2D eigenvalue weighted by atomic mass is 16.3. The zero-order chi connectivity index (χ0) is 25.8. The highest BCUT2D eigenvalue weighted by Crippen LogP contribution is 2.36. The van der Waals surface area contributed by atoms with Crippen LogP contribution in [0.4, 0.5) is 0 Å². The average molecular weight is 499 g/mol. The number of fused-ring (bicyclic) bond motifs is 6. The van der Waals surface area contributed by atoms with Crippen molar-refractivity contribution in [3.8, 4) is 33.8 Å². The summed E-state index contributed by atoms with van der Waals surface area (Å²) in [5.41, 5.74) is 8.05. The molecule has 3 heteroatoms. The number of rotatable bonds is 3. The maximum atomic E-state index is 6.33. The van der Waals surface area contributed by atoms with Crippen LogP contribution in [0.25, 0.3) is 77.4 Å². The molecule has 39 heavy (non-hydrogen) atoms. The zero-order valence-electron chi connectivity index (χ0n) is 21.0. The molecule has 0 aliphatic heterocycles. The van der Waals surface area contributed by atoms with Crippen molar-refractivity contribution in [2.24, 2.45) is 0 Å². The van der Waals surface area contributed by atoms with Gasteiger partial charge in [-0.15, -0.1) is 0 Å². The topological polar surface area (TPSA) is 38.9 Å². The first-order chi connectivity index (χ1) is 19.3. The third-order valence-corrected chi connectivity index (χ3v) is 7.49. The molecule has 2 heterocycles. The minimum Gasteiger partial charge on any atom is -0.455 e. The van der Waals surface area contributed by atoms with E-state index in [1.165, 1.54) is 11.1 Å². The molecule has 0 aliphatic carbocycles. The van der Waals surface area contributed by atoms with Crippen LogP contribution in [0.1, 0.15) is 0 Å². The minimum atomic E-state index is 0.700. The first-order valence-corrected chi connectivity index (χ1v) is 13.1. The van der Waals surface area contributed by atoms with E-state index in [-0.39, 0.29) is 0 Å². The second-order valence-electron chi connectivity index (χ2n) is 9.83. The van der Waals surface area contributed by atoms with Gasteiger partial charge in [0.2, 0.25) is 0 Å². The van der Waals surface area contributed by atoms with E-state index in [4.69, 9.17) is 14.4 Å². The molecule has 8 rings (SSSR count). The number of aromatic nitrogens is 2. The molecule has 8 aromatic rings. The third-order valence-electron chi connectivity index (χ3n) is 7.49. The first-order valence-electron chi connectivity index (χ1n) is 13.1. The summed E-state index contributed by atoms with van der Waals surface area (Å²) in [7, 11) is 0. The molecule has 2 aromatic heterocycles. The van der Waals surface area contributed by atoms with Crippen LogP contribution in [-0.2, 0) is 0 Å². The largest absolute Gasteiger partial charge is 0.455 e. The fourth-order valence-corrected chi connectivity index (χ4v) is 5.52. The maximum absolute atomic E-state index is 6.33. The molecule has 0 radical (unpaired) electrons. The van der Waals surface area contributed by atoms with E-state index in [1.54, 1.807) is 0 Å². The Labute approximate surface area is 225 Å². The van der Waals surface area contributed by atoms with Gasteiger partial charge in [0, 0.05) is 32.7 Å². The van der Waals surface area contributed by atoms with Crippen molar-refractivity contribution in [2.75, 3.05) is 0 Å². The van der Waals surface area contributed by atoms with E-state index in [1.807, 2.05) is 30.3 Å². The number of hydrogen-bond acceptors (Lipinski definition) is 3. The van der Waals surface area contributed by atoms with Gasteiger partial charge in [-0.25, -0.2) is 9.97 Å². The van der Waals surface area contributed by atoms with Gasteiger partial charge in [-0.2, -0.15) is 0 Å². The Balaban J connectivity index is 1.31. The van der Waals surface area contributed by atoms with Crippen LogP contribution in [0.2, 0.25) is 0 Å². The lowest BCUT2D eigenvalue weighted by Gasteiger charge is -2.11. The molecule has 0 fully saturated rings. The Morgan fingerprint density at radius 2 is 1.10 bits per heavy atom. The van der Waals surface area contributed by atoms with Crippen LogP contribution in [-0.4, -0.2) is 9.97 Å². The fourth-order valence-electron chi connectivity index (χ4n) is 5.52. The summed E-state index contributed by atoms with van der Waals surface area (Å²) < 4.78 is 6.33. The SMILES string of the molecule is c1ccc(-c2ccc(-c3nc(-c4ccc5ccc6c7ccccc7oc6c5c4)nc4ccccc34)cc2)cc1. The van der Waals surface area contributed by atoms with Crippen molar-refractivity contribution in [1.29, 1.82) is 0 Å². The molecule has 0 atom stereocenters. The van der Waals surface area contributed by atoms with Crippen molar-refractivity contribution in [3.05, 3.63) is 133 Å². The van der Waals surface area contributed by atoms with E-state index in [0.717, 1.165) is 60.4 Å². The number of para-hydroxylation sites is 2. The van der Waals surface area contributed by atoms with E-state index in [9.17, 15) is 0 Å². The fraction of sp³-hybridized carbons (Fsp3) is 0. The molecule has 0 N–H and O–H groups in total.